The molecule has 2 atom stereocenters. The van der Waals surface area contributed by atoms with Crippen molar-refractivity contribution in [2.75, 3.05) is 47.5 Å². The third-order valence-corrected chi connectivity index (χ3v) is 16.8. The van der Waals surface area contributed by atoms with Crippen LogP contribution >= 0.6 is 0 Å². The van der Waals surface area contributed by atoms with Crippen LogP contribution in [0.4, 0.5) is 0 Å². The molecule has 0 amide bonds. The summed E-state index contributed by atoms with van der Waals surface area (Å²) in [6.07, 6.45) is 76.3. The van der Waals surface area contributed by atoms with Gasteiger partial charge in [0, 0.05) is 12.8 Å². The van der Waals surface area contributed by atoms with E-state index in [0.717, 1.165) is 51.4 Å². The van der Waals surface area contributed by atoms with Crippen LogP contribution in [0.2, 0.25) is 0 Å². The molecule has 0 saturated carbocycles. The molecule has 0 N–H and O–H groups in total. The molecule has 0 aliphatic rings. The molecule has 82 heavy (non-hydrogen) atoms. The molecule has 0 aromatic carbocycles. The van der Waals surface area contributed by atoms with Crippen molar-refractivity contribution < 1.29 is 42.9 Å². The van der Waals surface area contributed by atoms with E-state index in [-0.39, 0.29) is 32.2 Å². The molecule has 0 aromatic rings. The first-order valence-corrected chi connectivity index (χ1v) is 36.3. The van der Waals surface area contributed by atoms with Gasteiger partial charge in [0.2, 0.25) is 0 Å². The van der Waals surface area contributed by atoms with Gasteiger partial charge < -0.3 is 33.3 Å². The zero-order chi connectivity index (χ0) is 59.8. The number of hydrogen-bond acceptors (Lipinski definition) is 8. The summed E-state index contributed by atoms with van der Waals surface area (Å²) in [6.45, 7) is 4.80. The normalized spacial score (nSPS) is 12.6. The Morgan fingerprint density at radius 3 is 0.902 bits per heavy atom. The minimum Gasteiger partial charge on any atom is -0.545 e. The number of esters is 2. The van der Waals surface area contributed by atoms with E-state index in [0.29, 0.717) is 23.9 Å². The van der Waals surface area contributed by atoms with Gasteiger partial charge in [0.15, 0.2) is 12.4 Å². The number of carbonyl (C=O) groups is 3. The van der Waals surface area contributed by atoms with Gasteiger partial charge in [0.1, 0.15) is 13.2 Å². The van der Waals surface area contributed by atoms with Crippen LogP contribution in [0, 0.1) is 0 Å². The summed E-state index contributed by atoms with van der Waals surface area (Å²) in [6, 6.07) is 0. The van der Waals surface area contributed by atoms with E-state index >= 15 is 0 Å². The van der Waals surface area contributed by atoms with Crippen molar-refractivity contribution in [1.82, 2.24) is 0 Å². The highest BCUT2D eigenvalue weighted by Gasteiger charge is 2.22. The minimum atomic E-state index is -1.62. The number of unbranched alkanes of at least 4 members (excludes halogenated alkanes) is 52. The number of carboxylic acid groups (broad SMARTS) is 1. The molecule has 0 spiro atoms. The standard InChI is InChI=1S/C73H141NO8/c1-6-8-10-12-14-16-18-20-22-24-25-26-27-28-29-30-31-32-33-34-35-36-37-38-39-40-41-42-43-44-45-46-47-48-50-51-53-55-57-59-61-63-70(75)80-67-69(68-81-73(72(77)78)79-66-65-74(3,4)5)82-71(76)64-62-60-58-56-54-52-49-23-21-19-17-15-13-11-9-7-2/h23,49,69,73H,6-22,24-48,50-68H2,1-5H3/b49-23-. The Bertz CT molecular complexity index is 1350. The highest BCUT2D eigenvalue weighted by Crippen LogP contribution is 2.19. The largest absolute Gasteiger partial charge is 0.545 e. The molecule has 0 fully saturated rings. The number of allylic oxidation sites excluding steroid dienone is 2. The lowest BCUT2D eigenvalue weighted by atomic mass is 10.0. The van der Waals surface area contributed by atoms with Gasteiger partial charge in [-0.2, -0.15) is 0 Å². The minimum absolute atomic E-state index is 0.150. The summed E-state index contributed by atoms with van der Waals surface area (Å²) in [4.78, 5) is 37.4. The van der Waals surface area contributed by atoms with E-state index in [9.17, 15) is 19.5 Å². The maximum absolute atomic E-state index is 12.9. The lowest BCUT2D eigenvalue weighted by Crippen LogP contribution is -2.44. The molecule has 486 valence electrons. The third kappa shape index (κ3) is 65.6. The van der Waals surface area contributed by atoms with Crippen molar-refractivity contribution in [3.8, 4) is 0 Å². The van der Waals surface area contributed by atoms with Gasteiger partial charge in [-0.05, 0) is 38.5 Å². The second kappa shape index (κ2) is 65.0. The van der Waals surface area contributed by atoms with Crippen molar-refractivity contribution in [2.45, 2.75) is 392 Å². The second-order valence-electron chi connectivity index (χ2n) is 26.2. The summed E-state index contributed by atoms with van der Waals surface area (Å²) >= 11 is 0. The van der Waals surface area contributed by atoms with E-state index in [4.69, 9.17) is 18.9 Å². The molecule has 0 rings (SSSR count). The molecule has 0 bridgehead atoms. The van der Waals surface area contributed by atoms with Gasteiger partial charge in [0.05, 0.1) is 40.3 Å². The first kappa shape index (κ1) is 80.0. The summed E-state index contributed by atoms with van der Waals surface area (Å²) in [5, 5.41) is 11.8. The van der Waals surface area contributed by atoms with Gasteiger partial charge >= 0.3 is 11.9 Å². The first-order valence-electron chi connectivity index (χ1n) is 36.3. The van der Waals surface area contributed by atoms with E-state index in [1.165, 1.54) is 295 Å². The number of nitrogens with zero attached hydrogens (tertiary/aromatic N) is 1. The fourth-order valence-corrected chi connectivity index (χ4v) is 11.2. The quantitative estimate of drug-likeness (QED) is 0.0195. The molecule has 0 aliphatic heterocycles. The maximum atomic E-state index is 12.9. The van der Waals surface area contributed by atoms with Gasteiger partial charge in [0.25, 0.3) is 0 Å². The monoisotopic (exact) mass is 1160 g/mol. The lowest BCUT2D eigenvalue weighted by molar-refractivity contribution is -0.870. The molecule has 9 nitrogen and oxygen atoms in total. The number of carboxylic acids is 1. The fraction of sp³-hybridized carbons (Fsp3) is 0.932. The first-order chi connectivity index (χ1) is 40.1. The molecular formula is C73H141NO8. The van der Waals surface area contributed by atoms with Crippen molar-refractivity contribution in [3.63, 3.8) is 0 Å². The summed E-state index contributed by atoms with van der Waals surface area (Å²) < 4.78 is 22.8. The Hall–Kier alpha value is -1.97. The van der Waals surface area contributed by atoms with Gasteiger partial charge in [-0.3, -0.25) is 9.59 Å². The average molecular weight is 1160 g/mol. The average Bonchev–Trinajstić information content (AvgIpc) is 3.47. The maximum Gasteiger partial charge on any atom is 0.306 e. The summed E-state index contributed by atoms with van der Waals surface area (Å²) in [5.74, 6) is -2.27. The molecule has 0 aromatic heterocycles. The van der Waals surface area contributed by atoms with Crippen molar-refractivity contribution in [3.05, 3.63) is 12.2 Å². The van der Waals surface area contributed by atoms with E-state index in [1.807, 2.05) is 21.1 Å². The Balaban J connectivity index is 3.85. The summed E-state index contributed by atoms with van der Waals surface area (Å²) in [7, 11) is 5.94. The molecule has 9 heteroatoms. The summed E-state index contributed by atoms with van der Waals surface area (Å²) in [5.41, 5.74) is 0. The highest BCUT2D eigenvalue weighted by atomic mass is 16.7. The van der Waals surface area contributed by atoms with Gasteiger partial charge in [-0.25, -0.2) is 0 Å². The van der Waals surface area contributed by atoms with E-state index < -0.39 is 24.3 Å². The SMILES string of the molecule is CCCCCCCCC/C=C\CCCCCCCC(=O)OC(COC(=O)CCCCCCCCCCCCCCCCCCCCCCCCCCCCCCCCCCCCCCCCCCC)COC(OCC[N+](C)(C)C)C(=O)[O-]. The topological polar surface area (TPSA) is 111 Å². The number of ether oxygens (including phenoxy) is 4. The van der Waals surface area contributed by atoms with Crippen LogP contribution in [-0.4, -0.2) is 82.3 Å². The Kier molecular flexibility index (Phi) is 63.5. The zero-order valence-electron chi connectivity index (χ0n) is 55.7. The molecule has 0 aliphatic carbocycles. The predicted molar refractivity (Wildman–Crippen MR) is 348 cm³/mol. The van der Waals surface area contributed by atoms with Crippen LogP contribution in [0.25, 0.3) is 0 Å². The van der Waals surface area contributed by atoms with Crippen LogP contribution in [0.5, 0.6) is 0 Å². The Morgan fingerprint density at radius 1 is 0.354 bits per heavy atom. The number of rotatable bonds is 69. The highest BCUT2D eigenvalue weighted by molar-refractivity contribution is 5.70. The third-order valence-electron chi connectivity index (χ3n) is 16.8. The van der Waals surface area contributed by atoms with Crippen LogP contribution < -0.4 is 5.11 Å². The van der Waals surface area contributed by atoms with Crippen LogP contribution in [-0.2, 0) is 33.3 Å². The Labute approximate surface area is 510 Å². The zero-order valence-corrected chi connectivity index (χ0v) is 55.7. The number of quaternary nitrogens is 1. The number of hydrogen-bond donors (Lipinski definition) is 0. The molecular weight excluding hydrogens is 1020 g/mol. The number of aliphatic carboxylic acids is 1. The van der Waals surface area contributed by atoms with E-state index in [2.05, 4.69) is 26.0 Å². The van der Waals surface area contributed by atoms with Crippen LogP contribution in [0.1, 0.15) is 380 Å². The van der Waals surface area contributed by atoms with E-state index in [1.54, 1.807) is 0 Å². The molecule has 2 unspecified atom stereocenters. The second-order valence-corrected chi connectivity index (χ2v) is 26.2. The van der Waals surface area contributed by atoms with Crippen LogP contribution in [0.15, 0.2) is 12.2 Å². The molecule has 0 heterocycles. The number of carbonyl (C=O) groups excluding carboxylic acids is 3. The lowest BCUT2D eigenvalue weighted by Gasteiger charge is -2.26. The fourth-order valence-electron chi connectivity index (χ4n) is 11.2. The number of likely N-dealkylation sites (N-methyl/N-ethyl adjacent to an activating group) is 1. The van der Waals surface area contributed by atoms with Gasteiger partial charge in [-0.15, -0.1) is 0 Å². The smallest absolute Gasteiger partial charge is 0.306 e. The van der Waals surface area contributed by atoms with Crippen LogP contribution in [0.3, 0.4) is 0 Å². The molecule has 0 radical (unpaired) electrons. The van der Waals surface area contributed by atoms with Gasteiger partial charge in [-0.1, -0.05) is 341 Å². The molecule has 0 saturated heterocycles. The predicted octanol–water partition coefficient (Wildman–Crippen LogP) is 21.1. The Morgan fingerprint density at radius 2 is 0.622 bits per heavy atom. The van der Waals surface area contributed by atoms with Crippen molar-refractivity contribution in [1.29, 1.82) is 0 Å². The van der Waals surface area contributed by atoms with Crippen molar-refractivity contribution in [2.24, 2.45) is 0 Å². The van der Waals surface area contributed by atoms with Crippen molar-refractivity contribution >= 4 is 17.9 Å².